The van der Waals surface area contributed by atoms with Gasteiger partial charge in [-0.2, -0.15) is 0 Å². The van der Waals surface area contributed by atoms with Crippen LogP contribution in [-0.2, 0) is 9.53 Å². The molecule has 2 nitrogen and oxygen atoms in total. The molecular weight excluding hydrogens is 227 g/mol. The number of ether oxygens (including phenoxy) is 1. The number of alkyl halides is 1. The van der Waals surface area contributed by atoms with Crippen molar-refractivity contribution in [1.82, 2.24) is 0 Å². The Hall–Kier alpha value is -1.03. The van der Waals surface area contributed by atoms with Gasteiger partial charge in [-0.15, -0.1) is 0 Å². The van der Waals surface area contributed by atoms with Crippen LogP contribution < -0.4 is 0 Å². The fourth-order valence-corrected chi connectivity index (χ4v) is 1.96. The zero-order chi connectivity index (χ0) is 12.1. The van der Waals surface area contributed by atoms with Gasteiger partial charge in [-0.25, -0.2) is 9.18 Å². The quantitative estimate of drug-likeness (QED) is 0.599. The monoisotopic (exact) mass is 242 g/mol. The molecule has 1 unspecified atom stereocenters. The second kappa shape index (κ2) is 5.89. The van der Waals surface area contributed by atoms with Crippen molar-refractivity contribution in [2.75, 3.05) is 6.61 Å². The maximum atomic E-state index is 13.4. The molecule has 4 heteroatoms. The van der Waals surface area contributed by atoms with Gasteiger partial charge in [-0.3, -0.25) is 0 Å². The number of hydrogen-bond donors (Lipinski definition) is 0. The molecule has 1 rings (SSSR count). The first-order chi connectivity index (χ1) is 7.54. The van der Waals surface area contributed by atoms with E-state index in [1.165, 1.54) is 0 Å². The molecule has 0 aliphatic heterocycles. The Bertz CT molecular complexity index is 379. The topological polar surface area (TPSA) is 26.3 Å². The molecule has 0 saturated carbocycles. The minimum atomic E-state index is -1.65. The van der Waals surface area contributed by atoms with Crippen LogP contribution in [-0.4, -0.2) is 18.1 Å². The van der Waals surface area contributed by atoms with E-state index in [1.807, 2.05) is 26.0 Å². The van der Waals surface area contributed by atoms with E-state index in [-0.39, 0.29) is 6.61 Å². The van der Waals surface area contributed by atoms with E-state index >= 15 is 0 Å². The van der Waals surface area contributed by atoms with E-state index in [0.29, 0.717) is 0 Å². The van der Waals surface area contributed by atoms with Gasteiger partial charge in [0.05, 0.1) is 6.61 Å². The van der Waals surface area contributed by atoms with Crippen LogP contribution in [0.2, 0.25) is 0 Å². The molecule has 0 fully saturated rings. The van der Waals surface area contributed by atoms with Gasteiger partial charge in [0, 0.05) is 4.90 Å². The largest absolute Gasteiger partial charge is 0.463 e. The molecule has 1 atom stereocenters. The molecule has 88 valence electrons. The minimum Gasteiger partial charge on any atom is -0.463 e. The van der Waals surface area contributed by atoms with Gasteiger partial charge in [0.1, 0.15) is 0 Å². The van der Waals surface area contributed by atoms with Crippen LogP contribution in [0.3, 0.4) is 0 Å². The van der Waals surface area contributed by atoms with Crippen LogP contribution in [0.5, 0.6) is 0 Å². The first kappa shape index (κ1) is 13.0. The lowest BCUT2D eigenvalue weighted by Gasteiger charge is -2.08. The van der Waals surface area contributed by atoms with Gasteiger partial charge >= 0.3 is 5.97 Å². The molecule has 0 aliphatic carbocycles. The Morgan fingerprint density at radius 3 is 2.69 bits per heavy atom. The second-order valence-electron chi connectivity index (χ2n) is 3.43. The summed E-state index contributed by atoms with van der Waals surface area (Å²) < 4.78 is 18.0. The van der Waals surface area contributed by atoms with Gasteiger partial charge < -0.3 is 4.74 Å². The first-order valence-corrected chi connectivity index (χ1v) is 5.97. The van der Waals surface area contributed by atoms with E-state index in [4.69, 9.17) is 0 Å². The lowest BCUT2D eigenvalue weighted by molar-refractivity contribution is -0.145. The maximum absolute atomic E-state index is 13.4. The highest BCUT2D eigenvalue weighted by molar-refractivity contribution is 8.00. The summed E-state index contributed by atoms with van der Waals surface area (Å²) in [7, 11) is 0. The van der Waals surface area contributed by atoms with Crippen molar-refractivity contribution in [3.8, 4) is 0 Å². The van der Waals surface area contributed by atoms with Crippen LogP contribution in [0.1, 0.15) is 18.1 Å². The molecule has 16 heavy (non-hydrogen) atoms. The van der Waals surface area contributed by atoms with Crippen molar-refractivity contribution in [3.63, 3.8) is 0 Å². The number of thioether (sulfide) groups is 1. The fraction of sp³-hybridized carbons (Fsp3) is 0.417. The minimum absolute atomic E-state index is 0.201. The summed E-state index contributed by atoms with van der Waals surface area (Å²) >= 11 is 0.873. The summed E-state index contributed by atoms with van der Waals surface area (Å²) in [6, 6.07) is 5.58. The molecule has 1 aromatic carbocycles. The summed E-state index contributed by atoms with van der Waals surface area (Å²) in [4.78, 5) is 11.8. The van der Waals surface area contributed by atoms with Crippen molar-refractivity contribution >= 4 is 17.7 Å². The molecule has 0 aromatic heterocycles. The normalized spacial score (nSPS) is 12.2. The van der Waals surface area contributed by atoms with Crippen LogP contribution in [0, 0.1) is 13.8 Å². The summed E-state index contributed by atoms with van der Waals surface area (Å²) in [5.41, 5.74) is 0.582. The highest BCUT2D eigenvalue weighted by Gasteiger charge is 2.19. The predicted molar refractivity (Wildman–Crippen MR) is 63.3 cm³/mol. The van der Waals surface area contributed by atoms with Crippen molar-refractivity contribution < 1.29 is 13.9 Å². The number of benzene rings is 1. The average Bonchev–Trinajstić information content (AvgIpc) is 2.24. The Labute approximate surface area is 99.2 Å². The third kappa shape index (κ3) is 3.52. The maximum Gasteiger partial charge on any atom is 0.351 e. The standard InChI is InChI=1S/C12H15FO2S/c1-4-15-12(14)11(13)16-10-6-5-8(2)9(3)7-10/h5-7,11H,4H2,1-3H3. The SMILES string of the molecule is CCOC(=O)C(F)Sc1ccc(C)c(C)c1. The summed E-state index contributed by atoms with van der Waals surface area (Å²) in [5.74, 6) is -0.814. The molecule has 0 amide bonds. The number of carbonyl (C=O) groups excluding carboxylic acids is 1. The Morgan fingerprint density at radius 1 is 1.44 bits per heavy atom. The predicted octanol–water partition coefficient (Wildman–Crippen LogP) is 3.25. The number of aryl methyl sites for hydroxylation is 2. The van der Waals surface area contributed by atoms with E-state index < -0.39 is 11.5 Å². The van der Waals surface area contributed by atoms with Crippen molar-refractivity contribution in [1.29, 1.82) is 0 Å². The number of esters is 1. The van der Waals surface area contributed by atoms with E-state index in [0.717, 1.165) is 27.8 Å². The van der Waals surface area contributed by atoms with Crippen molar-refractivity contribution in [2.24, 2.45) is 0 Å². The number of hydrogen-bond acceptors (Lipinski definition) is 3. The smallest absolute Gasteiger partial charge is 0.351 e. The second-order valence-corrected chi connectivity index (χ2v) is 4.55. The van der Waals surface area contributed by atoms with E-state index in [1.54, 1.807) is 13.0 Å². The Kier molecular flexibility index (Phi) is 4.80. The number of halogens is 1. The summed E-state index contributed by atoms with van der Waals surface area (Å²) in [5, 5.41) is 0. The number of carbonyl (C=O) groups is 1. The zero-order valence-corrected chi connectivity index (χ0v) is 10.4. The molecule has 0 N–H and O–H groups in total. The van der Waals surface area contributed by atoms with Crippen LogP contribution in [0.25, 0.3) is 0 Å². The molecule has 0 saturated heterocycles. The average molecular weight is 242 g/mol. The molecule has 0 aliphatic rings. The highest BCUT2D eigenvalue weighted by Crippen LogP contribution is 2.26. The van der Waals surface area contributed by atoms with E-state index in [2.05, 4.69) is 4.74 Å². The molecule has 0 bridgehead atoms. The Balaban J connectivity index is 2.66. The van der Waals surface area contributed by atoms with Crippen molar-refractivity contribution in [2.45, 2.75) is 31.2 Å². The molecule has 0 heterocycles. The highest BCUT2D eigenvalue weighted by atomic mass is 32.2. The molecule has 1 aromatic rings. The Morgan fingerprint density at radius 2 is 2.12 bits per heavy atom. The van der Waals surface area contributed by atoms with Gasteiger partial charge in [0.15, 0.2) is 0 Å². The van der Waals surface area contributed by atoms with Crippen LogP contribution in [0.15, 0.2) is 23.1 Å². The van der Waals surface area contributed by atoms with Crippen LogP contribution >= 0.6 is 11.8 Å². The first-order valence-electron chi connectivity index (χ1n) is 5.09. The van der Waals surface area contributed by atoms with Gasteiger partial charge in [-0.05, 0) is 44.0 Å². The van der Waals surface area contributed by atoms with Crippen molar-refractivity contribution in [3.05, 3.63) is 29.3 Å². The van der Waals surface area contributed by atoms with Gasteiger partial charge in [0.25, 0.3) is 0 Å². The summed E-state index contributed by atoms with van der Waals surface area (Å²) in [6.45, 7) is 5.80. The molecule has 0 radical (unpaired) electrons. The summed E-state index contributed by atoms with van der Waals surface area (Å²) in [6.07, 6.45) is 0. The third-order valence-electron chi connectivity index (χ3n) is 2.19. The van der Waals surface area contributed by atoms with Gasteiger partial charge in [-0.1, -0.05) is 17.8 Å². The fourth-order valence-electron chi connectivity index (χ4n) is 1.16. The third-order valence-corrected chi connectivity index (χ3v) is 3.12. The van der Waals surface area contributed by atoms with Gasteiger partial charge in [0.2, 0.25) is 5.50 Å². The zero-order valence-electron chi connectivity index (χ0n) is 9.62. The van der Waals surface area contributed by atoms with Crippen LogP contribution in [0.4, 0.5) is 4.39 Å². The molecule has 0 spiro atoms. The lowest BCUT2D eigenvalue weighted by atomic mass is 10.1. The molecular formula is C12H15FO2S. The van der Waals surface area contributed by atoms with E-state index in [9.17, 15) is 9.18 Å². The lowest BCUT2D eigenvalue weighted by Crippen LogP contribution is -2.15. The number of rotatable bonds is 4.